The third kappa shape index (κ3) is 5.16. The van der Waals surface area contributed by atoms with Crippen molar-refractivity contribution in [1.82, 2.24) is 4.98 Å². The van der Waals surface area contributed by atoms with Crippen molar-refractivity contribution in [1.29, 1.82) is 5.26 Å². The maximum Gasteiger partial charge on any atom is 0.271 e. The number of nitro groups is 1. The topological polar surface area (TPSA) is 109 Å². The number of non-ortho nitro benzene ring substituents is 1. The van der Waals surface area contributed by atoms with E-state index in [0.29, 0.717) is 21.3 Å². The lowest BCUT2D eigenvalue weighted by atomic mass is 9.87. The minimum absolute atomic E-state index is 0.0171. The lowest BCUT2D eigenvalue weighted by Gasteiger charge is -2.22. The minimum atomic E-state index is -0.515. The molecule has 0 aliphatic heterocycles. The Morgan fingerprint density at radius 3 is 2.70 bits per heavy atom. The number of hydrogen-bond donors (Lipinski definition) is 1. The molecule has 0 spiro atoms. The molecule has 1 heterocycles. The number of rotatable bonds is 6. The summed E-state index contributed by atoms with van der Waals surface area (Å²) in [6, 6.07) is 15.5. The Hall–Kier alpha value is -3.41. The van der Waals surface area contributed by atoms with E-state index in [1.807, 2.05) is 12.1 Å². The largest absolute Gasteiger partial charge is 0.325 e. The van der Waals surface area contributed by atoms with Crippen LogP contribution in [0.25, 0.3) is 11.1 Å². The molecule has 0 fully saturated rings. The summed E-state index contributed by atoms with van der Waals surface area (Å²) >= 11 is 7.25. The number of nitriles is 1. The Kier molecular flexibility index (Phi) is 6.92. The number of carbonyl (C=O) groups is 1. The maximum absolute atomic E-state index is 12.5. The third-order valence-corrected chi connectivity index (χ3v) is 6.59. The average Bonchev–Trinajstić information content (AvgIpc) is 2.82. The van der Waals surface area contributed by atoms with Gasteiger partial charge in [-0.1, -0.05) is 41.6 Å². The number of hydrogen-bond acceptors (Lipinski definition) is 6. The number of halogens is 1. The monoisotopic (exact) mass is 478 g/mol. The molecule has 0 saturated carbocycles. The number of nitro benzene ring substituents is 1. The zero-order chi connectivity index (χ0) is 23.4. The van der Waals surface area contributed by atoms with Gasteiger partial charge < -0.3 is 5.32 Å². The molecular weight excluding hydrogens is 460 g/mol. The lowest BCUT2D eigenvalue weighted by Crippen LogP contribution is -2.15. The summed E-state index contributed by atoms with van der Waals surface area (Å²) in [4.78, 5) is 27.7. The Labute approximate surface area is 199 Å². The van der Waals surface area contributed by atoms with E-state index < -0.39 is 4.92 Å². The Balaban J connectivity index is 1.61. The molecule has 0 atom stereocenters. The van der Waals surface area contributed by atoms with Crippen molar-refractivity contribution in [2.45, 2.75) is 30.7 Å². The van der Waals surface area contributed by atoms with Gasteiger partial charge in [0.1, 0.15) is 11.1 Å². The van der Waals surface area contributed by atoms with Gasteiger partial charge in [0.25, 0.3) is 5.69 Å². The molecule has 1 aliphatic rings. The number of aromatic nitrogens is 1. The predicted molar refractivity (Wildman–Crippen MR) is 128 cm³/mol. The van der Waals surface area contributed by atoms with E-state index in [9.17, 15) is 20.2 Å². The quantitative estimate of drug-likeness (QED) is 0.273. The maximum atomic E-state index is 12.5. The van der Waals surface area contributed by atoms with E-state index in [-0.39, 0.29) is 17.3 Å². The molecule has 1 aromatic heterocycles. The standard InChI is InChI=1S/C24H19ClN4O3S/c25-16-10-8-15(9-11-16)23-19-6-1-2-7-21(19)28-24(20(23)13-26)33-14-22(30)27-17-4-3-5-18(12-17)29(31)32/h3-5,8-12H,1-2,6-7,14H2,(H,27,30). The third-order valence-electron chi connectivity index (χ3n) is 5.37. The van der Waals surface area contributed by atoms with Crippen molar-refractivity contribution in [2.75, 3.05) is 11.1 Å². The zero-order valence-electron chi connectivity index (χ0n) is 17.5. The summed E-state index contributed by atoms with van der Waals surface area (Å²) < 4.78 is 0. The number of benzene rings is 2. The van der Waals surface area contributed by atoms with Crippen molar-refractivity contribution in [2.24, 2.45) is 0 Å². The van der Waals surface area contributed by atoms with Crippen molar-refractivity contribution in [3.63, 3.8) is 0 Å². The molecule has 1 amide bonds. The highest BCUT2D eigenvalue weighted by atomic mass is 35.5. The summed E-state index contributed by atoms with van der Waals surface area (Å²) in [5.41, 5.74) is 4.51. The van der Waals surface area contributed by atoms with Crippen LogP contribution in [0.3, 0.4) is 0 Å². The van der Waals surface area contributed by atoms with Crippen LogP contribution in [0.2, 0.25) is 5.02 Å². The summed E-state index contributed by atoms with van der Waals surface area (Å²) in [5, 5.41) is 24.8. The van der Waals surface area contributed by atoms with Crippen LogP contribution < -0.4 is 5.32 Å². The van der Waals surface area contributed by atoms with E-state index >= 15 is 0 Å². The Bertz CT molecular complexity index is 1270. The first-order valence-electron chi connectivity index (χ1n) is 10.3. The molecule has 0 unspecified atom stereocenters. The van der Waals surface area contributed by atoms with Gasteiger partial charge in [-0.05, 0) is 55.0 Å². The molecule has 1 N–H and O–H groups in total. The molecule has 33 heavy (non-hydrogen) atoms. The smallest absolute Gasteiger partial charge is 0.271 e. The number of anilines is 1. The second-order valence-electron chi connectivity index (χ2n) is 7.56. The van der Waals surface area contributed by atoms with Crippen LogP contribution in [-0.2, 0) is 17.6 Å². The number of aryl methyl sites for hydroxylation is 1. The van der Waals surface area contributed by atoms with Gasteiger partial charge >= 0.3 is 0 Å². The van der Waals surface area contributed by atoms with Crippen LogP contribution in [0, 0.1) is 21.4 Å². The first-order valence-corrected chi connectivity index (χ1v) is 11.7. The molecule has 9 heteroatoms. The second kappa shape index (κ2) is 10.0. The first kappa shape index (κ1) is 22.8. The number of nitrogens with one attached hydrogen (secondary N) is 1. The number of pyridine rings is 1. The van der Waals surface area contributed by atoms with E-state index in [1.165, 1.54) is 30.0 Å². The van der Waals surface area contributed by atoms with Crippen LogP contribution in [-0.4, -0.2) is 21.6 Å². The fourth-order valence-corrected chi connectivity index (χ4v) is 4.82. The summed E-state index contributed by atoms with van der Waals surface area (Å²) in [7, 11) is 0. The predicted octanol–water partition coefficient (Wildman–Crippen LogP) is 5.79. The van der Waals surface area contributed by atoms with Crippen LogP contribution in [0.5, 0.6) is 0 Å². The number of thioether (sulfide) groups is 1. The average molecular weight is 479 g/mol. The van der Waals surface area contributed by atoms with E-state index in [4.69, 9.17) is 16.6 Å². The van der Waals surface area contributed by atoms with Gasteiger partial charge in [-0.2, -0.15) is 5.26 Å². The number of carbonyl (C=O) groups excluding carboxylic acids is 1. The highest BCUT2D eigenvalue weighted by Crippen LogP contribution is 2.38. The zero-order valence-corrected chi connectivity index (χ0v) is 19.1. The van der Waals surface area contributed by atoms with E-state index in [0.717, 1.165) is 48.1 Å². The van der Waals surface area contributed by atoms with Gasteiger partial charge in [-0.25, -0.2) is 4.98 Å². The number of amides is 1. The van der Waals surface area contributed by atoms with E-state index in [2.05, 4.69) is 11.4 Å². The van der Waals surface area contributed by atoms with E-state index in [1.54, 1.807) is 18.2 Å². The second-order valence-corrected chi connectivity index (χ2v) is 8.96. The number of nitrogens with zero attached hydrogens (tertiary/aromatic N) is 3. The van der Waals surface area contributed by atoms with Gasteiger partial charge in [0.15, 0.2) is 0 Å². The van der Waals surface area contributed by atoms with Crippen LogP contribution in [0.4, 0.5) is 11.4 Å². The summed E-state index contributed by atoms with van der Waals surface area (Å²) in [5.74, 6) is -0.319. The molecule has 0 bridgehead atoms. The number of fused-ring (bicyclic) bond motifs is 1. The molecule has 0 saturated heterocycles. The van der Waals surface area contributed by atoms with Gasteiger partial charge in [-0.3, -0.25) is 14.9 Å². The van der Waals surface area contributed by atoms with Crippen molar-refractivity contribution in [3.8, 4) is 17.2 Å². The highest BCUT2D eigenvalue weighted by Gasteiger charge is 2.23. The van der Waals surface area contributed by atoms with Gasteiger partial charge in [0.2, 0.25) is 5.91 Å². The first-order chi connectivity index (χ1) is 16.0. The summed E-state index contributed by atoms with van der Waals surface area (Å²) in [6.07, 6.45) is 3.75. The van der Waals surface area contributed by atoms with Gasteiger partial charge in [0.05, 0.1) is 16.2 Å². The molecule has 0 radical (unpaired) electrons. The molecule has 4 rings (SSSR count). The Morgan fingerprint density at radius 2 is 1.97 bits per heavy atom. The normalized spacial score (nSPS) is 12.5. The SMILES string of the molecule is N#Cc1c(SCC(=O)Nc2cccc([N+](=O)[O-])c2)nc2c(c1-c1ccc(Cl)cc1)CCCC2. The fourth-order valence-electron chi connectivity index (χ4n) is 3.89. The molecule has 1 aliphatic carbocycles. The van der Waals surface area contributed by atoms with Crippen molar-refractivity contribution in [3.05, 3.63) is 80.5 Å². The summed E-state index contributed by atoms with van der Waals surface area (Å²) in [6.45, 7) is 0. The fraction of sp³-hybridized carbons (Fsp3) is 0.208. The molecular formula is C24H19ClN4O3S. The minimum Gasteiger partial charge on any atom is -0.325 e. The van der Waals surface area contributed by atoms with Crippen molar-refractivity contribution < 1.29 is 9.72 Å². The highest BCUT2D eigenvalue weighted by molar-refractivity contribution is 8.00. The molecule has 7 nitrogen and oxygen atoms in total. The van der Waals surface area contributed by atoms with Crippen LogP contribution in [0.15, 0.2) is 53.6 Å². The molecule has 3 aromatic rings. The van der Waals surface area contributed by atoms with Gasteiger partial charge in [-0.15, -0.1) is 0 Å². The van der Waals surface area contributed by atoms with Crippen LogP contribution in [0.1, 0.15) is 29.7 Å². The van der Waals surface area contributed by atoms with Crippen LogP contribution >= 0.6 is 23.4 Å². The molecule has 2 aromatic carbocycles. The molecule has 166 valence electrons. The van der Waals surface area contributed by atoms with Crippen molar-refractivity contribution >= 4 is 40.6 Å². The lowest BCUT2D eigenvalue weighted by molar-refractivity contribution is -0.384. The Morgan fingerprint density at radius 1 is 1.21 bits per heavy atom. The van der Waals surface area contributed by atoms with Gasteiger partial charge in [0, 0.05) is 34.1 Å².